The summed E-state index contributed by atoms with van der Waals surface area (Å²) in [6.07, 6.45) is 3.51. The van der Waals surface area contributed by atoms with Gasteiger partial charge >= 0.3 is 0 Å². The van der Waals surface area contributed by atoms with Crippen LogP contribution in [0.2, 0.25) is 5.02 Å². The van der Waals surface area contributed by atoms with E-state index in [1.807, 2.05) is 6.92 Å². The molecule has 2 aromatic rings. The van der Waals surface area contributed by atoms with Crippen LogP contribution in [0.3, 0.4) is 0 Å². The summed E-state index contributed by atoms with van der Waals surface area (Å²) in [7, 11) is 0. The highest BCUT2D eigenvalue weighted by atomic mass is 35.5. The second-order valence-corrected chi connectivity index (χ2v) is 5.25. The minimum absolute atomic E-state index is 0.639. The maximum Gasteiger partial charge on any atom is 0.137 e. The Labute approximate surface area is 115 Å². The van der Waals surface area contributed by atoms with Gasteiger partial charge in [-0.3, -0.25) is 4.98 Å². The highest BCUT2D eigenvalue weighted by Crippen LogP contribution is 2.30. The molecule has 18 heavy (non-hydrogen) atoms. The Bertz CT molecular complexity index is 515. The number of thiophene rings is 1. The number of pyridine rings is 1. The molecule has 0 amide bonds. The van der Waals surface area contributed by atoms with Crippen LogP contribution in [-0.2, 0) is 0 Å². The zero-order valence-electron chi connectivity index (χ0n) is 9.97. The molecule has 5 heteroatoms. The van der Waals surface area contributed by atoms with E-state index >= 15 is 0 Å². The van der Waals surface area contributed by atoms with Crippen LogP contribution in [0.4, 0.5) is 0 Å². The predicted octanol–water partition coefficient (Wildman–Crippen LogP) is 3.67. The molecule has 1 N–H and O–H groups in total. The van der Waals surface area contributed by atoms with E-state index < -0.39 is 6.10 Å². The third-order valence-corrected chi connectivity index (χ3v) is 3.71. The van der Waals surface area contributed by atoms with Crippen LogP contribution >= 0.6 is 22.9 Å². The predicted molar refractivity (Wildman–Crippen MR) is 73.4 cm³/mol. The first-order valence-electron chi connectivity index (χ1n) is 5.70. The van der Waals surface area contributed by atoms with Crippen LogP contribution in [-0.4, -0.2) is 16.7 Å². The van der Waals surface area contributed by atoms with Gasteiger partial charge in [-0.2, -0.15) is 0 Å². The molecule has 2 heterocycles. The lowest BCUT2D eigenvalue weighted by Crippen LogP contribution is -2.00. The van der Waals surface area contributed by atoms with E-state index in [4.69, 9.17) is 16.3 Å². The fourth-order valence-electron chi connectivity index (χ4n) is 1.52. The van der Waals surface area contributed by atoms with E-state index in [2.05, 4.69) is 4.98 Å². The Hall–Kier alpha value is -1.10. The van der Waals surface area contributed by atoms with Crippen LogP contribution in [0.5, 0.6) is 5.75 Å². The monoisotopic (exact) mass is 283 g/mol. The Morgan fingerprint density at radius 2 is 2.28 bits per heavy atom. The lowest BCUT2D eigenvalue weighted by molar-refractivity contribution is 0.222. The molecular formula is C13H14ClNO2S. The van der Waals surface area contributed by atoms with Gasteiger partial charge in [0.2, 0.25) is 0 Å². The van der Waals surface area contributed by atoms with Crippen molar-refractivity contribution in [2.24, 2.45) is 0 Å². The highest BCUT2D eigenvalue weighted by molar-refractivity contribution is 7.10. The van der Waals surface area contributed by atoms with Crippen LogP contribution in [0.25, 0.3) is 0 Å². The lowest BCUT2D eigenvalue weighted by Gasteiger charge is -2.10. The van der Waals surface area contributed by atoms with Crippen LogP contribution < -0.4 is 4.74 Å². The maximum atomic E-state index is 10.2. The van der Waals surface area contributed by atoms with Gasteiger partial charge in [0.15, 0.2) is 0 Å². The molecule has 0 aromatic carbocycles. The molecule has 2 aromatic heterocycles. The second-order valence-electron chi connectivity index (χ2n) is 3.87. The van der Waals surface area contributed by atoms with Crippen LogP contribution in [0, 0.1) is 0 Å². The Morgan fingerprint density at radius 1 is 1.44 bits per heavy atom. The van der Waals surface area contributed by atoms with Crippen molar-refractivity contribution >= 4 is 22.9 Å². The van der Waals surface area contributed by atoms with Gasteiger partial charge in [0.25, 0.3) is 0 Å². The van der Waals surface area contributed by atoms with Crippen molar-refractivity contribution in [3.63, 3.8) is 0 Å². The lowest BCUT2D eigenvalue weighted by atomic mass is 10.1. The first-order valence-corrected chi connectivity index (χ1v) is 6.96. The van der Waals surface area contributed by atoms with E-state index in [-0.39, 0.29) is 0 Å². The average molecular weight is 284 g/mol. The first kappa shape index (κ1) is 13.3. The topological polar surface area (TPSA) is 42.4 Å². The Morgan fingerprint density at radius 3 is 2.94 bits per heavy atom. The number of aliphatic hydroxyl groups is 1. The smallest absolute Gasteiger partial charge is 0.137 e. The molecule has 0 saturated heterocycles. The molecule has 0 fully saturated rings. The summed E-state index contributed by atoms with van der Waals surface area (Å²) in [6, 6.07) is 3.57. The van der Waals surface area contributed by atoms with Gasteiger partial charge in [-0.25, -0.2) is 0 Å². The van der Waals surface area contributed by atoms with Crippen molar-refractivity contribution in [1.82, 2.24) is 4.98 Å². The molecule has 0 aliphatic heterocycles. The molecule has 96 valence electrons. The summed E-state index contributed by atoms with van der Waals surface area (Å²) >= 11 is 7.28. The number of nitrogens with zero attached hydrogens (tertiary/aromatic N) is 1. The highest BCUT2D eigenvalue weighted by Gasteiger charge is 2.14. The van der Waals surface area contributed by atoms with Gasteiger partial charge in [0, 0.05) is 22.0 Å². The zero-order chi connectivity index (χ0) is 13.0. The molecular weight excluding hydrogens is 270 g/mol. The van der Waals surface area contributed by atoms with Crippen LogP contribution in [0.15, 0.2) is 29.9 Å². The summed E-state index contributed by atoms with van der Waals surface area (Å²) in [5, 5.41) is 12.6. The summed E-state index contributed by atoms with van der Waals surface area (Å²) < 4.78 is 5.49. The van der Waals surface area contributed by atoms with E-state index in [0.29, 0.717) is 22.9 Å². The molecule has 1 atom stereocenters. The third-order valence-electron chi connectivity index (χ3n) is 2.38. The number of aliphatic hydroxyl groups excluding tert-OH is 1. The molecule has 0 aliphatic carbocycles. The van der Waals surface area contributed by atoms with E-state index in [9.17, 15) is 5.11 Å². The minimum atomic E-state index is -0.708. The number of rotatable bonds is 5. The molecule has 0 bridgehead atoms. The number of aromatic nitrogens is 1. The van der Waals surface area contributed by atoms with Gasteiger partial charge in [0.1, 0.15) is 11.9 Å². The molecule has 0 radical (unpaired) electrons. The molecule has 2 rings (SSSR count). The van der Waals surface area contributed by atoms with Crippen molar-refractivity contribution in [3.8, 4) is 5.75 Å². The van der Waals surface area contributed by atoms with Crippen molar-refractivity contribution in [2.75, 3.05) is 6.61 Å². The van der Waals surface area contributed by atoms with E-state index in [1.54, 1.807) is 29.9 Å². The first-order chi connectivity index (χ1) is 8.70. The van der Waals surface area contributed by atoms with Gasteiger partial charge in [-0.05, 0) is 18.6 Å². The number of halogens is 1. The SMILES string of the molecule is CCCOc1cncc(C(O)c2cc(Cl)cs2)c1. The second kappa shape index (κ2) is 6.18. The fraction of sp³-hybridized carbons (Fsp3) is 0.308. The Balaban J connectivity index is 2.17. The normalized spacial score (nSPS) is 12.4. The van der Waals surface area contributed by atoms with Crippen molar-refractivity contribution in [1.29, 1.82) is 0 Å². The molecule has 3 nitrogen and oxygen atoms in total. The van der Waals surface area contributed by atoms with Crippen molar-refractivity contribution in [2.45, 2.75) is 19.4 Å². The van der Waals surface area contributed by atoms with E-state index in [1.165, 1.54) is 11.3 Å². The zero-order valence-corrected chi connectivity index (χ0v) is 11.5. The van der Waals surface area contributed by atoms with Gasteiger partial charge in [-0.1, -0.05) is 18.5 Å². The molecule has 0 spiro atoms. The number of hydrogen-bond acceptors (Lipinski definition) is 4. The summed E-state index contributed by atoms with van der Waals surface area (Å²) in [5.41, 5.74) is 0.710. The van der Waals surface area contributed by atoms with Gasteiger partial charge in [-0.15, -0.1) is 11.3 Å². The number of ether oxygens (including phenoxy) is 1. The average Bonchev–Trinajstić information content (AvgIpc) is 2.82. The number of hydrogen-bond donors (Lipinski definition) is 1. The van der Waals surface area contributed by atoms with Crippen LogP contribution in [0.1, 0.15) is 29.9 Å². The van der Waals surface area contributed by atoms with Gasteiger partial charge in [0.05, 0.1) is 17.8 Å². The van der Waals surface area contributed by atoms with E-state index in [0.717, 1.165) is 11.3 Å². The van der Waals surface area contributed by atoms with Crippen molar-refractivity contribution in [3.05, 3.63) is 45.4 Å². The minimum Gasteiger partial charge on any atom is -0.492 e. The largest absolute Gasteiger partial charge is 0.492 e. The maximum absolute atomic E-state index is 10.2. The Kier molecular flexibility index (Phi) is 4.58. The summed E-state index contributed by atoms with van der Waals surface area (Å²) in [4.78, 5) is 4.88. The fourth-order valence-corrected chi connectivity index (χ4v) is 2.61. The standard InChI is InChI=1S/C13H14ClNO2S/c1-2-3-17-11-4-9(6-15-7-11)13(16)12-5-10(14)8-18-12/h4-8,13,16H,2-3H2,1H3. The molecule has 0 saturated carbocycles. The summed E-state index contributed by atoms with van der Waals surface area (Å²) in [6.45, 7) is 2.69. The molecule has 1 unspecified atom stereocenters. The van der Waals surface area contributed by atoms with Crippen molar-refractivity contribution < 1.29 is 9.84 Å². The molecule has 0 aliphatic rings. The summed E-state index contributed by atoms with van der Waals surface area (Å²) in [5.74, 6) is 0.677. The van der Waals surface area contributed by atoms with Gasteiger partial charge < -0.3 is 9.84 Å². The third kappa shape index (κ3) is 3.22. The quantitative estimate of drug-likeness (QED) is 0.910.